The van der Waals surface area contributed by atoms with E-state index < -0.39 is 77.0 Å². The maximum atomic E-state index is 17.0. The number of unbranched alkanes of at least 4 members (excludes halogenated alkanes) is 1. The van der Waals surface area contributed by atoms with Gasteiger partial charge in [0.15, 0.2) is 12.1 Å². The second-order valence-corrected chi connectivity index (χ2v) is 18.1. The number of nitrogens with zero attached hydrogens (tertiary/aromatic N) is 6. The number of likely N-dealkylation sites (N-methyl/N-ethyl adjacent to an activating group) is 2. The Morgan fingerprint density at radius 1 is 1.05 bits per heavy atom. The number of hydrogen-bond acceptors (Lipinski definition) is 12. The number of aliphatic hydroxyl groups excluding tert-OH is 1. The number of ketones is 2. The average molecular weight is 843 g/mol. The number of hydrogen-bond donors (Lipinski definition) is 1. The molecule has 334 valence electrons. The number of aromatic nitrogens is 3. The summed E-state index contributed by atoms with van der Waals surface area (Å²) in [6.07, 6.45) is 4.01. The molecule has 1 N–H and O–H groups in total. The summed E-state index contributed by atoms with van der Waals surface area (Å²) in [6, 6.07) is 2.29. The van der Waals surface area contributed by atoms with E-state index in [-0.39, 0.29) is 36.8 Å². The molecule has 15 nitrogen and oxygen atoms in total. The molecule has 16 heteroatoms. The lowest BCUT2D eigenvalue weighted by Gasteiger charge is -2.48. The predicted molar refractivity (Wildman–Crippen MR) is 221 cm³/mol. The van der Waals surface area contributed by atoms with Crippen molar-refractivity contribution < 1.29 is 47.6 Å². The van der Waals surface area contributed by atoms with Crippen LogP contribution in [-0.4, -0.2) is 152 Å². The molecule has 2 aromatic heterocycles. The second kappa shape index (κ2) is 18.6. The molecule has 13 atom stereocenters. The molecule has 2 aromatic rings. The highest BCUT2D eigenvalue weighted by atomic mass is 19.1. The van der Waals surface area contributed by atoms with Crippen molar-refractivity contribution in [3.8, 4) is 11.3 Å². The molecule has 5 heterocycles. The molecule has 0 aromatic carbocycles. The number of esters is 1. The van der Waals surface area contributed by atoms with Crippen LogP contribution in [-0.2, 0) is 39.9 Å². The molecule has 0 bridgehead atoms. The number of urea groups is 1. The predicted octanol–water partition coefficient (Wildman–Crippen LogP) is 4.94. The minimum Gasteiger partial charge on any atom is -0.457 e. The minimum atomic E-state index is -3.15. The normalized spacial score (nSPS) is 37.3. The van der Waals surface area contributed by atoms with E-state index in [1.54, 1.807) is 65.3 Å². The zero-order valence-electron chi connectivity index (χ0n) is 37.5. The Kier molecular flexibility index (Phi) is 14.7. The number of methoxy groups -OCH3 is 1. The average Bonchev–Trinajstić information content (AvgIpc) is 3.77. The lowest BCUT2D eigenvalue weighted by molar-refractivity contribution is -0.295. The molecule has 2 amide bonds. The molecule has 3 saturated heterocycles. The molecule has 5 rings (SSSR count). The number of imidazole rings is 1. The van der Waals surface area contributed by atoms with E-state index in [1.807, 2.05) is 48.8 Å². The zero-order valence-corrected chi connectivity index (χ0v) is 37.5. The number of halogens is 1. The van der Waals surface area contributed by atoms with Gasteiger partial charge in [0.05, 0.1) is 41.4 Å². The maximum absolute atomic E-state index is 17.0. The summed E-state index contributed by atoms with van der Waals surface area (Å²) in [5.74, 6) is -5.54. The minimum absolute atomic E-state index is 0.0221. The van der Waals surface area contributed by atoms with E-state index >= 15 is 4.39 Å². The van der Waals surface area contributed by atoms with Crippen molar-refractivity contribution in [2.24, 2.45) is 17.8 Å². The number of carbonyl (C=O) groups excluding carboxylic acids is 4. The lowest BCUT2D eigenvalue weighted by atomic mass is 9.72. The van der Waals surface area contributed by atoms with Crippen molar-refractivity contribution >= 4 is 23.6 Å². The summed E-state index contributed by atoms with van der Waals surface area (Å²) >= 11 is 0. The van der Waals surface area contributed by atoms with E-state index in [0.717, 1.165) is 18.2 Å². The topological polar surface area (TPSA) is 166 Å². The highest BCUT2D eigenvalue weighted by Gasteiger charge is 2.62. The van der Waals surface area contributed by atoms with E-state index in [4.69, 9.17) is 18.9 Å². The molecule has 60 heavy (non-hydrogen) atoms. The highest BCUT2D eigenvalue weighted by molar-refractivity contribution is 6.08. The Balaban J connectivity index is 1.48. The number of Topliss-reactive ketones (excluding diaryl/α,β-unsaturated/α-hetero) is 2. The number of aryl methyl sites for hydroxylation is 1. The summed E-state index contributed by atoms with van der Waals surface area (Å²) in [7, 11) is 6.69. The fraction of sp³-hybridized carbons (Fsp3) is 0.727. The van der Waals surface area contributed by atoms with Gasteiger partial charge in [-0.3, -0.25) is 14.6 Å². The quantitative estimate of drug-likeness (QED) is 0.184. The fourth-order valence-corrected chi connectivity index (χ4v) is 9.91. The van der Waals surface area contributed by atoms with Gasteiger partial charge < -0.3 is 43.3 Å². The van der Waals surface area contributed by atoms with Crippen molar-refractivity contribution in [1.82, 2.24) is 29.2 Å². The van der Waals surface area contributed by atoms with Crippen LogP contribution >= 0.6 is 0 Å². The van der Waals surface area contributed by atoms with E-state index in [2.05, 4.69) is 9.97 Å². The number of alkyl halides is 1. The van der Waals surface area contributed by atoms with Crippen molar-refractivity contribution in [3.05, 3.63) is 37.1 Å². The summed E-state index contributed by atoms with van der Waals surface area (Å²) in [4.78, 5) is 71.3. The second-order valence-electron chi connectivity index (χ2n) is 18.1. The number of rotatable bonds is 11. The van der Waals surface area contributed by atoms with Gasteiger partial charge in [-0.15, -0.1) is 0 Å². The number of cyclic esters (lactones) is 1. The molecule has 0 spiro atoms. The van der Waals surface area contributed by atoms with Gasteiger partial charge in [0.1, 0.15) is 18.0 Å². The van der Waals surface area contributed by atoms with Gasteiger partial charge in [-0.05, 0) is 86.0 Å². The monoisotopic (exact) mass is 842 g/mol. The molecular formula is C44H67FN6O9. The number of pyridine rings is 1. The van der Waals surface area contributed by atoms with Gasteiger partial charge in [-0.25, -0.2) is 19.0 Å². The summed E-state index contributed by atoms with van der Waals surface area (Å²) in [5, 5.41) is 11.4. The third-order valence-corrected chi connectivity index (χ3v) is 13.6. The van der Waals surface area contributed by atoms with Crippen molar-refractivity contribution in [2.45, 2.75) is 154 Å². The van der Waals surface area contributed by atoms with Crippen LogP contribution in [0.15, 0.2) is 37.1 Å². The summed E-state index contributed by atoms with van der Waals surface area (Å²) in [6.45, 7) is 13.9. The van der Waals surface area contributed by atoms with E-state index in [0.29, 0.717) is 32.4 Å². The van der Waals surface area contributed by atoms with Gasteiger partial charge in [-0.2, -0.15) is 0 Å². The lowest BCUT2D eigenvalue weighted by Crippen LogP contribution is -2.63. The summed E-state index contributed by atoms with van der Waals surface area (Å²) in [5.41, 5.74) is -4.18. The molecule has 0 unspecified atom stereocenters. The van der Waals surface area contributed by atoms with Gasteiger partial charge in [0.2, 0.25) is 0 Å². The van der Waals surface area contributed by atoms with Crippen LogP contribution in [0.4, 0.5) is 9.18 Å². The highest BCUT2D eigenvalue weighted by Crippen LogP contribution is 2.44. The van der Waals surface area contributed by atoms with E-state index in [9.17, 15) is 24.3 Å². The fourth-order valence-electron chi connectivity index (χ4n) is 9.91. The standard InChI is InChI=1S/C44H67FN6O9/c1-13-33-44(8)36(51(41(56)49(44)11)20-15-14-19-50-24-31(47-25-50)30-17-16-18-46-23-30)28(4)34(52)26(2)22-42(6,57-12)38(29(5)37(54)43(7,45)40(55)59-33)60-39-35(53)32(48(9)10)21-27(3)58-39/h16-18,23-29,32-33,35-36,38-39,53H,13-15,19-22H2,1-12H3/t26-,27-,28-,29+,32+,33+,35-,36-,38-,39+,42-,43+,44-/m1/s1. The Bertz CT molecular complexity index is 1830. The summed E-state index contributed by atoms with van der Waals surface area (Å²) < 4.78 is 43.7. The van der Waals surface area contributed by atoms with Gasteiger partial charge in [-0.1, -0.05) is 27.7 Å². The Morgan fingerprint density at radius 2 is 1.73 bits per heavy atom. The molecule has 0 aliphatic carbocycles. The van der Waals surface area contributed by atoms with Gasteiger partial charge in [0.25, 0.3) is 5.67 Å². The Labute approximate surface area is 354 Å². The van der Waals surface area contributed by atoms with Crippen molar-refractivity contribution in [3.63, 3.8) is 0 Å². The first-order chi connectivity index (χ1) is 28.1. The largest absolute Gasteiger partial charge is 0.457 e. The number of amides is 2. The molecular weight excluding hydrogens is 776 g/mol. The van der Waals surface area contributed by atoms with Crippen LogP contribution in [0.25, 0.3) is 11.3 Å². The Hall–Kier alpha value is -3.83. The van der Waals surface area contributed by atoms with Crippen LogP contribution in [0, 0.1) is 17.8 Å². The third kappa shape index (κ3) is 9.04. The third-order valence-electron chi connectivity index (χ3n) is 13.6. The van der Waals surface area contributed by atoms with Gasteiger partial charge in [0, 0.05) is 75.2 Å². The first-order valence-electron chi connectivity index (χ1n) is 21.3. The first-order valence-corrected chi connectivity index (χ1v) is 21.3. The van der Waals surface area contributed by atoms with Crippen LogP contribution in [0.2, 0.25) is 0 Å². The van der Waals surface area contributed by atoms with Crippen LogP contribution < -0.4 is 0 Å². The smallest absolute Gasteiger partial charge is 0.351 e. The molecule has 0 saturated carbocycles. The SMILES string of the molecule is CC[C@@H]1OC(=O)[C@@](C)(F)C(=O)[C@H](C)[C@@H](O[C@@H]2O[C@H](C)C[C@H](N(C)C)[C@H]2O)[C@](C)(OC)C[C@@H](C)C(=O)[C@@H](C)[C@H]2N(CCCCn3cnc(-c4cccnc4)c3)C(=O)N(C)[C@]12C. The molecule has 0 radical (unpaired) electrons. The number of aliphatic hydroxyl groups is 1. The maximum Gasteiger partial charge on any atom is 0.351 e. The van der Waals surface area contributed by atoms with Crippen molar-refractivity contribution in [1.29, 1.82) is 0 Å². The number of fused-ring (bicyclic) bond motifs is 1. The molecule has 3 fully saturated rings. The number of ether oxygens (including phenoxy) is 4. The molecule has 3 aliphatic heterocycles. The van der Waals surface area contributed by atoms with E-state index in [1.165, 1.54) is 18.9 Å². The number of carbonyl (C=O) groups is 4. The van der Waals surface area contributed by atoms with Crippen molar-refractivity contribution in [2.75, 3.05) is 34.8 Å². The van der Waals surface area contributed by atoms with Crippen LogP contribution in [0.1, 0.15) is 87.5 Å². The first kappa shape index (κ1) is 47.2. The van der Waals surface area contributed by atoms with Crippen LogP contribution in [0.3, 0.4) is 0 Å². The Morgan fingerprint density at radius 3 is 2.35 bits per heavy atom. The zero-order chi connectivity index (χ0) is 44.5. The molecule has 3 aliphatic rings. The van der Waals surface area contributed by atoms with Crippen LogP contribution in [0.5, 0.6) is 0 Å². The van der Waals surface area contributed by atoms with Gasteiger partial charge >= 0.3 is 12.0 Å².